The molecule has 0 aromatic heterocycles. The van der Waals surface area contributed by atoms with E-state index in [0.29, 0.717) is 25.6 Å². The van der Waals surface area contributed by atoms with Gasteiger partial charge < -0.3 is 4.74 Å². The van der Waals surface area contributed by atoms with E-state index in [-0.39, 0.29) is 18.1 Å². The van der Waals surface area contributed by atoms with Crippen molar-refractivity contribution in [1.29, 1.82) is 0 Å². The maximum absolute atomic E-state index is 14.0. The minimum Gasteiger partial charge on any atom is -0.488 e. The van der Waals surface area contributed by atoms with Gasteiger partial charge in [-0.1, -0.05) is 57.6 Å². The quantitative estimate of drug-likeness (QED) is 0.331. The van der Waals surface area contributed by atoms with Crippen molar-refractivity contribution in [3.05, 3.63) is 67.7 Å². The molecule has 3 rings (SSSR count). The number of benzene rings is 2. The molecule has 8 heteroatoms. The van der Waals surface area contributed by atoms with Gasteiger partial charge in [-0.15, -0.1) is 0 Å². The van der Waals surface area contributed by atoms with Crippen LogP contribution in [-0.4, -0.2) is 20.7 Å². The molecule has 0 saturated carbocycles. The van der Waals surface area contributed by atoms with Gasteiger partial charge in [0.25, 0.3) is 5.91 Å². The van der Waals surface area contributed by atoms with Crippen molar-refractivity contribution < 1.29 is 13.9 Å². The second-order valence-corrected chi connectivity index (χ2v) is 10.4. The summed E-state index contributed by atoms with van der Waals surface area (Å²) < 4.78 is 21.2. The standard InChI is InChI=1S/C21H18BrClFNO2S2/c1-21(2,3)25-19(26)18(29-20(25)28)10-12-9-13(22)7-8-17(12)27-11-14-15(23)5-4-6-16(14)24/h4-10H,11H2,1-3H3/b18-10+. The second-order valence-electron chi connectivity index (χ2n) is 7.36. The summed E-state index contributed by atoms with van der Waals surface area (Å²) in [5, 5.41) is 0.301. The van der Waals surface area contributed by atoms with Gasteiger partial charge in [-0.2, -0.15) is 0 Å². The van der Waals surface area contributed by atoms with E-state index in [1.807, 2.05) is 32.9 Å². The number of carbonyl (C=O) groups is 1. The van der Waals surface area contributed by atoms with E-state index < -0.39 is 11.4 Å². The Kier molecular flexibility index (Phi) is 6.73. The lowest BCUT2D eigenvalue weighted by molar-refractivity contribution is -0.125. The third-order valence-corrected chi connectivity index (χ3v) is 6.31. The molecular formula is C21H18BrClFNO2S2. The lowest BCUT2D eigenvalue weighted by atomic mass is 10.1. The summed E-state index contributed by atoms with van der Waals surface area (Å²) in [5.41, 5.74) is 0.554. The van der Waals surface area contributed by atoms with Gasteiger partial charge in [-0.3, -0.25) is 9.69 Å². The van der Waals surface area contributed by atoms with Crippen LogP contribution >= 0.6 is 51.5 Å². The fourth-order valence-electron chi connectivity index (χ4n) is 2.77. The molecule has 3 nitrogen and oxygen atoms in total. The first-order chi connectivity index (χ1) is 13.6. The van der Waals surface area contributed by atoms with Gasteiger partial charge in [-0.25, -0.2) is 4.39 Å². The number of thioether (sulfide) groups is 1. The molecule has 1 fully saturated rings. The van der Waals surface area contributed by atoms with E-state index in [2.05, 4.69) is 15.9 Å². The Morgan fingerprint density at radius 1 is 1.31 bits per heavy atom. The largest absolute Gasteiger partial charge is 0.488 e. The number of ether oxygens (including phenoxy) is 1. The van der Waals surface area contributed by atoms with Gasteiger partial charge in [0.05, 0.1) is 9.93 Å². The average Bonchev–Trinajstić information content (AvgIpc) is 2.89. The molecule has 0 atom stereocenters. The first-order valence-electron chi connectivity index (χ1n) is 8.71. The zero-order chi connectivity index (χ0) is 21.3. The van der Waals surface area contributed by atoms with Crippen molar-refractivity contribution in [2.75, 3.05) is 0 Å². The van der Waals surface area contributed by atoms with Gasteiger partial charge in [-0.05, 0) is 57.2 Å². The number of amides is 1. The maximum atomic E-state index is 14.0. The van der Waals surface area contributed by atoms with Gasteiger partial charge in [0, 0.05) is 21.1 Å². The summed E-state index contributed by atoms with van der Waals surface area (Å²) in [6.45, 7) is 5.78. The van der Waals surface area contributed by atoms with Gasteiger partial charge in [0.15, 0.2) is 0 Å². The monoisotopic (exact) mass is 513 g/mol. The molecule has 1 heterocycles. The Bertz CT molecular complexity index is 1000. The highest BCUT2D eigenvalue weighted by molar-refractivity contribution is 9.10. The molecule has 1 aliphatic rings. The average molecular weight is 515 g/mol. The first-order valence-corrected chi connectivity index (χ1v) is 11.1. The van der Waals surface area contributed by atoms with Crippen molar-refractivity contribution in [1.82, 2.24) is 4.90 Å². The van der Waals surface area contributed by atoms with Crippen LogP contribution in [0.2, 0.25) is 5.02 Å². The number of halogens is 3. The lowest BCUT2D eigenvalue weighted by Crippen LogP contribution is -2.44. The van der Waals surface area contributed by atoms with E-state index in [1.165, 1.54) is 17.8 Å². The Hall–Kier alpha value is -1.41. The predicted octanol–water partition coefficient (Wildman–Crippen LogP) is 6.82. The van der Waals surface area contributed by atoms with Crippen molar-refractivity contribution in [2.24, 2.45) is 0 Å². The molecule has 0 N–H and O–H groups in total. The number of thiocarbonyl (C=S) groups is 1. The summed E-state index contributed by atoms with van der Waals surface area (Å²) in [6.07, 6.45) is 1.74. The Labute approximate surface area is 192 Å². The fourth-order valence-corrected chi connectivity index (χ4v) is 4.99. The van der Waals surface area contributed by atoms with E-state index in [0.717, 1.165) is 4.47 Å². The SMILES string of the molecule is CC(C)(C)N1C(=O)/C(=C\c2cc(Br)ccc2OCc2c(F)cccc2Cl)SC1=S. The van der Waals surface area contributed by atoms with Crippen LogP contribution in [0, 0.1) is 5.82 Å². The van der Waals surface area contributed by atoms with Crippen molar-refractivity contribution in [3.63, 3.8) is 0 Å². The highest BCUT2D eigenvalue weighted by Crippen LogP contribution is 2.38. The van der Waals surface area contributed by atoms with E-state index >= 15 is 0 Å². The first kappa shape index (κ1) is 22.3. The number of hydrogen-bond donors (Lipinski definition) is 0. The molecule has 1 amide bonds. The van der Waals surface area contributed by atoms with Gasteiger partial charge >= 0.3 is 0 Å². The lowest BCUT2D eigenvalue weighted by Gasteiger charge is -2.30. The Morgan fingerprint density at radius 2 is 2.03 bits per heavy atom. The molecule has 0 bridgehead atoms. The zero-order valence-electron chi connectivity index (χ0n) is 16.0. The predicted molar refractivity (Wildman–Crippen MR) is 125 cm³/mol. The summed E-state index contributed by atoms with van der Waals surface area (Å²) in [6, 6.07) is 9.91. The van der Waals surface area contributed by atoms with Gasteiger partial charge in [0.1, 0.15) is 22.5 Å². The van der Waals surface area contributed by atoms with E-state index in [1.54, 1.807) is 29.2 Å². The van der Waals surface area contributed by atoms with Crippen LogP contribution in [0.1, 0.15) is 31.9 Å². The molecule has 2 aromatic rings. The molecule has 0 aliphatic carbocycles. The third-order valence-electron chi connectivity index (χ3n) is 4.16. The summed E-state index contributed by atoms with van der Waals surface area (Å²) >= 11 is 16.2. The second kappa shape index (κ2) is 8.76. The van der Waals surface area contributed by atoms with Gasteiger partial charge in [0.2, 0.25) is 0 Å². The molecule has 0 unspecified atom stereocenters. The van der Waals surface area contributed by atoms with E-state index in [4.69, 9.17) is 28.6 Å². The number of nitrogens with zero attached hydrogens (tertiary/aromatic N) is 1. The topological polar surface area (TPSA) is 29.5 Å². The molecular weight excluding hydrogens is 497 g/mol. The van der Waals surface area contributed by atoms with Crippen LogP contribution in [0.4, 0.5) is 4.39 Å². The number of rotatable bonds is 4. The number of hydrogen-bond acceptors (Lipinski definition) is 4. The van der Waals surface area contributed by atoms with Crippen molar-refractivity contribution >= 4 is 67.8 Å². The van der Waals surface area contributed by atoms with Crippen LogP contribution in [0.3, 0.4) is 0 Å². The maximum Gasteiger partial charge on any atom is 0.266 e. The van der Waals surface area contributed by atoms with Crippen LogP contribution in [-0.2, 0) is 11.4 Å². The number of carbonyl (C=O) groups excluding carboxylic acids is 1. The van der Waals surface area contributed by atoms with Crippen molar-refractivity contribution in [3.8, 4) is 5.75 Å². The Balaban J connectivity index is 1.91. The van der Waals surface area contributed by atoms with E-state index in [9.17, 15) is 9.18 Å². The zero-order valence-corrected chi connectivity index (χ0v) is 19.9. The molecule has 29 heavy (non-hydrogen) atoms. The molecule has 152 valence electrons. The fraction of sp³-hybridized carbons (Fsp3) is 0.238. The molecule has 2 aromatic carbocycles. The molecule has 1 saturated heterocycles. The highest BCUT2D eigenvalue weighted by Gasteiger charge is 2.39. The van der Waals surface area contributed by atoms with Crippen LogP contribution in [0.25, 0.3) is 6.08 Å². The summed E-state index contributed by atoms with van der Waals surface area (Å²) in [7, 11) is 0. The molecule has 0 spiro atoms. The minimum atomic E-state index is -0.429. The van der Waals surface area contributed by atoms with Crippen molar-refractivity contribution in [2.45, 2.75) is 32.9 Å². The highest BCUT2D eigenvalue weighted by atomic mass is 79.9. The smallest absolute Gasteiger partial charge is 0.266 e. The van der Waals surface area contributed by atoms with Crippen LogP contribution in [0.15, 0.2) is 45.8 Å². The molecule has 1 aliphatic heterocycles. The minimum absolute atomic E-state index is 0.0308. The normalized spacial score (nSPS) is 16.1. The summed E-state index contributed by atoms with van der Waals surface area (Å²) in [4.78, 5) is 15.0. The summed E-state index contributed by atoms with van der Waals surface area (Å²) in [5.74, 6) is -0.0636. The third kappa shape index (κ3) is 5.02. The Morgan fingerprint density at radius 3 is 2.66 bits per heavy atom. The van der Waals surface area contributed by atoms with Crippen LogP contribution in [0.5, 0.6) is 5.75 Å². The molecule has 0 radical (unpaired) electrons. The van der Waals surface area contributed by atoms with Crippen LogP contribution < -0.4 is 4.74 Å².